The van der Waals surface area contributed by atoms with Gasteiger partial charge in [-0.05, 0) is 63.2 Å². The number of para-hydroxylation sites is 1. The highest BCUT2D eigenvalue weighted by Crippen LogP contribution is 2.27. The first-order valence-electron chi connectivity index (χ1n) is 9.42. The summed E-state index contributed by atoms with van der Waals surface area (Å²) in [7, 11) is 0. The summed E-state index contributed by atoms with van der Waals surface area (Å²) in [5, 5.41) is 3.43. The fourth-order valence-electron chi connectivity index (χ4n) is 3.61. The number of nitrogens with two attached hydrogens (primary N) is 1. The fraction of sp³-hybridized carbons (Fsp3) is 0.350. The van der Waals surface area contributed by atoms with E-state index in [2.05, 4.69) is 25.2 Å². The van der Waals surface area contributed by atoms with Gasteiger partial charge < -0.3 is 20.9 Å². The Kier molecular flexibility index (Phi) is 5.02. The number of hydrogen-bond donors (Lipinski definition) is 3. The van der Waals surface area contributed by atoms with Crippen LogP contribution in [0.3, 0.4) is 0 Å². The van der Waals surface area contributed by atoms with Crippen LogP contribution in [-0.4, -0.2) is 51.9 Å². The van der Waals surface area contributed by atoms with E-state index in [1.165, 1.54) is 25.9 Å². The van der Waals surface area contributed by atoms with Crippen molar-refractivity contribution in [3.05, 3.63) is 42.1 Å². The molecule has 0 unspecified atom stereocenters. The van der Waals surface area contributed by atoms with Crippen molar-refractivity contribution < 1.29 is 4.79 Å². The lowest BCUT2D eigenvalue weighted by Crippen LogP contribution is -2.22. The van der Waals surface area contributed by atoms with Crippen molar-refractivity contribution in [3.8, 4) is 11.4 Å². The summed E-state index contributed by atoms with van der Waals surface area (Å²) < 4.78 is 0. The number of carbonyl (C=O) groups excluding carboxylic acids is 1. The van der Waals surface area contributed by atoms with Gasteiger partial charge in [0.2, 0.25) is 0 Å². The number of nitrogens with zero attached hydrogens (tertiary/aromatic N) is 3. The lowest BCUT2D eigenvalue weighted by molar-refractivity contribution is 0.100. The zero-order valence-electron chi connectivity index (χ0n) is 15.2. The summed E-state index contributed by atoms with van der Waals surface area (Å²) in [5.41, 5.74) is 8.13. The number of hydrogen-bond acceptors (Lipinski definition) is 5. The second-order valence-electron chi connectivity index (χ2n) is 6.88. The minimum atomic E-state index is -0.481. The Balaban J connectivity index is 1.53. The summed E-state index contributed by atoms with van der Waals surface area (Å²) in [5.74, 6) is 0.984. The van der Waals surface area contributed by atoms with Gasteiger partial charge in [-0.25, -0.2) is 9.97 Å². The number of rotatable bonds is 7. The largest absolute Gasteiger partial charge is 0.369 e. The lowest BCUT2D eigenvalue weighted by Gasteiger charge is -2.15. The van der Waals surface area contributed by atoms with Crippen LogP contribution in [0.15, 0.2) is 36.5 Å². The van der Waals surface area contributed by atoms with Gasteiger partial charge in [-0.3, -0.25) is 4.79 Å². The molecule has 0 spiro atoms. The predicted octanol–water partition coefficient (Wildman–Crippen LogP) is 2.62. The third kappa shape index (κ3) is 3.78. The van der Waals surface area contributed by atoms with E-state index in [9.17, 15) is 4.79 Å². The third-order valence-electron chi connectivity index (χ3n) is 4.98. The molecule has 0 bridgehead atoms. The third-order valence-corrected chi connectivity index (χ3v) is 4.98. The van der Waals surface area contributed by atoms with Crippen molar-refractivity contribution >= 4 is 22.8 Å². The van der Waals surface area contributed by atoms with Crippen LogP contribution >= 0.6 is 0 Å². The van der Waals surface area contributed by atoms with E-state index in [0.29, 0.717) is 16.9 Å². The molecule has 4 rings (SSSR count). The highest BCUT2D eigenvalue weighted by Gasteiger charge is 2.15. The Labute approximate surface area is 158 Å². The van der Waals surface area contributed by atoms with Gasteiger partial charge in [0.1, 0.15) is 17.2 Å². The molecule has 0 atom stereocenters. The van der Waals surface area contributed by atoms with E-state index in [1.54, 1.807) is 18.3 Å². The van der Waals surface area contributed by atoms with Crippen molar-refractivity contribution in [3.63, 3.8) is 0 Å². The van der Waals surface area contributed by atoms with E-state index in [0.717, 1.165) is 36.4 Å². The number of carbonyl (C=O) groups is 1. The molecule has 1 aromatic carbocycles. The second kappa shape index (κ2) is 7.75. The molecule has 1 fully saturated rings. The summed E-state index contributed by atoms with van der Waals surface area (Å²) in [6, 6.07) is 9.23. The SMILES string of the molecule is NC(=O)c1cccc2[nH]c(-c3cccnc3NCCCN3CCCC3)nc12. The number of primary amides is 1. The number of H-pyrrole nitrogens is 1. The maximum Gasteiger partial charge on any atom is 0.250 e. The van der Waals surface area contributed by atoms with Gasteiger partial charge in [0, 0.05) is 12.7 Å². The van der Waals surface area contributed by atoms with Crippen molar-refractivity contribution in [1.82, 2.24) is 19.9 Å². The lowest BCUT2D eigenvalue weighted by atomic mass is 10.2. The second-order valence-corrected chi connectivity index (χ2v) is 6.88. The van der Waals surface area contributed by atoms with Gasteiger partial charge in [0.25, 0.3) is 5.91 Å². The van der Waals surface area contributed by atoms with Gasteiger partial charge in [0.05, 0.1) is 16.6 Å². The Hall–Kier alpha value is -2.93. The molecule has 3 aromatic rings. The molecule has 2 aromatic heterocycles. The summed E-state index contributed by atoms with van der Waals surface area (Å²) in [6.45, 7) is 4.40. The Morgan fingerprint density at radius 2 is 2.07 bits per heavy atom. The molecule has 0 radical (unpaired) electrons. The molecule has 1 amide bonds. The number of aromatic nitrogens is 3. The molecule has 0 saturated carbocycles. The van der Waals surface area contributed by atoms with E-state index < -0.39 is 5.91 Å². The standard InChI is InChI=1S/C20H24N6O/c21-18(27)14-6-3-8-16-17(14)25-20(24-16)15-7-4-9-22-19(15)23-10-5-13-26-11-1-2-12-26/h3-4,6-9H,1-2,5,10-13H2,(H2,21,27)(H,22,23)(H,24,25). The Morgan fingerprint density at radius 3 is 2.89 bits per heavy atom. The predicted molar refractivity (Wildman–Crippen MR) is 107 cm³/mol. The van der Waals surface area contributed by atoms with Crippen LogP contribution in [0.4, 0.5) is 5.82 Å². The van der Waals surface area contributed by atoms with Crippen molar-refractivity contribution in [2.75, 3.05) is 31.5 Å². The minimum Gasteiger partial charge on any atom is -0.369 e. The number of aromatic amines is 1. The van der Waals surface area contributed by atoms with Crippen LogP contribution in [0, 0.1) is 0 Å². The minimum absolute atomic E-state index is 0.416. The summed E-state index contributed by atoms with van der Waals surface area (Å²) in [6.07, 6.45) is 5.47. The first-order chi connectivity index (χ1) is 13.2. The first-order valence-corrected chi connectivity index (χ1v) is 9.42. The van der Waals surface area contributed by atoms with Gasteiger partial charge in [-0.15, -0.1) is 0 Å². The number of fused-ring (bicyclic) bond motifs is 1. The maximum atomic E-state index is 11.7. The van der Waals surface area contributed by atoms with Crippen molar-refractivity contribution in [2.45, 2.75) is 19.3 Å². The highest BCUT2D eigenvalue weighted by molar-refractivity contribution is 6.04. The number of likely N-dealkylation sites (tertiary alicyclic amines) is 1. The van der Waals surface area contributed by atoms with Crippen molar-refractivity contribution in [1.29, 1.82) is 0 Å². The van der Waals surface area contributed by atoms with Gasteiger partial charge in [0.15, 0.2) is 0 Å². The number of pyridine rings is 1. The molecule has 4 N–H and O–H groups in total. The van der Waals surface area contributed by atoms with Crippen molar-refractivity contribution in [2.24, 2.45) is 5.73 Å². The monoisotopic (exact) mass is 364 g/mol. The zero-order valence-corrected chi connectivity index (χ0v) is 15.2. The average molecular weight is 364 g/mol. The Bertz CT molecular complexity index is 945. The van der Waals surface area contributed by atoms with Crippen LogP contribution in [-0.2, 0) is 0 Å². The molecule has 3 heterocycles. The maximum absolute atomic E-state index is 11.7. The molecule has 7 nitrogen and oxygen atoms in total. The van der Waals surface area contributed by atoms with Gasteiger partial charge in [-0.1, -0.05) is 6.07 Å². The molecule has 7 heteroatoms. The number of amides is 1. The van der Waals surface area contributed by atoms with Gasteiger partial charge in [-0.2, -0.15) is 0 Å². The fourth-order valence-corrected chi connectivity index (χ4v) is 3.61. The van der Waals surface area contributed by atoms with Crippen LogP contribution in [0.5, 0.6) is 0 Å². The molecule has 27 heavy (non-hydrogen) atoms. The van der Waals surface area contributed by atoms with Crippen LogP contribution in [0.1, 0.15) is 29.6 Å². The topological polar surface area (TPSA) is 99.9 Å². The van der Waals surface area contributed by atoms with Crippen LogP contribution in [0.2, 0.25) is 0 Å². The van der Waals surface area contributed by atoms with E-state index >= 15 is 0 Å². The molecule has 1 aliphatic heterocycles. The molecular formula is C20H24N6O. The molecular weight excluding hydrogens is 340 g/mol. The van der Waals surface area contributed by atoms with E-state index in [4.69, 9.17) is 5.73 Å². The molecule has 1 saturated heterocycles. The van der Waals surface area contributed by atoms with Crippen LogP contribution in [0.25, 0.3) is 22.4 Å². The van der Waals surface area contributed by atoms with Crippen LogP contribution < -0.4 is 11.1 Å². The van der Waals surface area contributed by atoms with E-state index in [-0.39, 0.29) is 0 Å². The number of anilines is 1. The normalized spacial score (nSPS) is 14.7. The average Bonchev–Trinajstić information content (AvgIpc) is 3.34. The highest BCUT2D eigenvalue weighted by atomic mass is 16.1. The number of benzene rings is 1. The molecule has 0 aliphatic carbocycles. The number of imidazole rings is 1. The van der Waals surface area contributed by atoms with E-state index in [1.807, 2.05) is 18.2 Å². The summed E-state index contributed by atoms with van der Waals surface area (Å²) in [4.78, 5) is 26.5. The quantitative estimate of drug-likeness (QED) is 0.560. The Morgan fingerprint density at radius 1 is 1.22 bits per heavy atom. The molecule has 1 aliphatic rings. The zero-order chi connectivity index (χ0) is 18.6. The van der Waals surface area contributed by atoms with Gasteiger partial charge >= 0.3 is 0 Å². The molecule has 140 valence electrons. The smallest absolute Gasteiger partial charge is 0.250 e. The summed E-state index contributed by atoms with van der Waals surface area (Å²) >= 11 is 0. The first kappa shape index (κ1) is 17.5. The number of nitrogens with one attached hydrogen (secondary N) is 2.